The summed E-state index contributed by atoms with van der Waals surface area (Å²) in [6.45, 7) is 5.25. The Morgan fingerprint density at radius 1 is 1.10 bits per heavy atom. The molecule has 0 aliphatic carbocycles. The molecular weight excluding hydrogens is 541 g/mol. The standard InChI is InChI=1S/C30H31F3N2O6/c1-17-12-20(40-16-21-15-35(4)24-8-6-7-9-25(24)41-21)13-18(2)26(17)27(36)34-23-14-19(29(3,38)28(37)39-5)10-11-22(23)30(31,32)33/h6-14,21,38H,15-16H2,1-5H3,(H,34,36)/t21-,29?/m0/s1. The fraction of sp³-hybridized carbons (Fsp3) is 0.333. The molecule has 3 aromatic rings. The van der Waals surface area contributed by atoms with Crippen molar-refractivity contribution in [2.24, 2.45) is 0 Å². The first-order valence-corrected chi connectivity index (χ1v) is 12.8. The molecule has 4 rings (SSSR count). The summed E-state index contributed by atoms with van der Waals surface area (Å²) >= 11 is 0. The van der Waals surface area contributed by atoms with E-state index in [2.05, 4.69) is 15.0 Å². The number of alkyl halides is 3. The van der Waals surface area contributed by atoms with E-state index in [9.17, 15) is 27.9 Å². The Morgan fingerprint density at radius 2 is 1.76 bits per heavy atom. The van der Waals surface area contributed by atoms with Gasteiger partial charge in [0, 0.05) is 12.6 Å². The minimum Gasteiger partial charge on any atom is -0.490 e. The number of hydrogen-bond acceptors (Lipinski definition) is 7. The number of rotatable bonds is 7. The zero-order chi connectivity index (χ0) is 30.1. The van der Waals surface area contributed by atoms with E-state index in [0.29, 0.717) is 29.5 Å². The van der Waals surface area contributed by atoms with Crippen molar-refractivity contribution in [2.75, 3.05) is 37.5 Å². The van der Waals surface area contributed by atoms with Crippen LogP contribution in [0.3, 0.4) is 0 Å². The summed E-state index contributed by atoms with van der Waals surface area (Å²) in [5.41, 5.74) is -2.04. The van der Waals surface area contributed by atoms with Gasteiger partial charge >= 0.3 is 12.1 Å². The number of esters is 1. The van der Waals surface area contributed by atoms with Crippen LogP contribution in [-0.4, -0.2) is 50.4 Å². The second-order valence-electron chi connectivity index (χ2n) is 10.1. The van der Waals surface area contributed by atoms with Crippen molar-refractivity contribution in [3.05, 3.63) is 82.4 Å². The Kier molecular flexibility index (Phi) is 8.21. The minimum absolute atomic E-state index is 0.165. The van der Waals surface area contributed by atoms with Gasteiger partial charge in [0.15, 0.2) is 5.60 Å². The maximum absolute atomic E-state index is 13.8. The predicted octanol–water partition coefficient (Wildman–Crippen LogP) is 5.23. The van der Waals surface area contributed by atoms with Gasteiger partial charge in [-0.05, 0) is 73.9 Å². The Morgan fingerprint density at radius 3 is 2.39 bits per heavy atom. The third-order valence-electron chi connectivity index (χ3n) is 6.93. The number of aliphatic hydroxyl groups is 1. The summed E-state index contributed by atoms with van der Waals surface area (Å²) in [4.78, 5) is 27.3. The Labute approximate surface area is 235 Å². The van der Waals surface area contributed by atoms with E-state index in [-0.39, 0.29) is 23.8 Å². The van der Waals surface area contributed by atoms with Gasteiger partial charge in [-0.25, -0.2) is 4.79 Å². The highest BCUT2D eigenvalue weighted by Gasteiger charge is 2.38. The molecule has 3 aromatic carbocycles. The van der Waals surface area contributed by atoms with Crippen molar-refractivity contribution in [3.8, 4) is 11.5 Å². The van der Waals surface area contributed by atoms with Gasteiger partial charge in [0.25, 0.3) is 5.91 Å². The maximum atomic E-state index is 13.8. The Bertz CT molecular complexity index is 1450. The summed E-state index contributed by atoms with van der Waals surface area (Å²) in [6, 6.07) is 13.5. The number of carbonyl (C=O) groups is 2. The average molecular weight is 573 g/mol. The first kappa shape index (κ1) is 29.7. The number of amides is 1. The lowest BCUT2D eigenvalue weighted by molar-refractivity contribution is -0.161. The summed E-state index contributed by atoms with van der Waals surface area (Å²) in [5.74, 6) is -0.620. The fourth-order valence-corrected chi connectivity index (χ4v) is 4.83. The van der Waals surface area contributed by atoms with Gasteiger partial charge in [-0.3, -0.25) is 4.79 Å². The molecule has 0 saturated carbocycles. The number of halogens is 3. The largest absolute Gasteiger partial charge is 0.490 e. The lowest BCUT2D eigenvalue weighted by atomic mass is 9.93. The SMILES string of the molecule is COC(=O)C(C)(O)c1ccc(C(F)(F)F)c(NC(=O)c2c(C)cc(OC[C@@H]3CN(C)c4ccccc4O3)cc2C)c1. The van der Waals surface area contributed by atoms with Crippen LogP contribution in [0, 0.1) is 13.8 Å². The summed E-state index contributed by atoms with van der Waals surface area (Å²) in [6.07, 6.45) is -5.05. The monoisotopic (exact) mass is 572 g/mol. The van der Waals surface area contributed by atoms with Crippen molar-refractivity contribution in [2.45, 2.75) is 38.7 Å². The number of benzene rings is 3. The lowest BCUT2D eigenvalue weighted by Gasteiger charge is -2.33. The topological polar surface area (TPSA) is 97.3 Å². The number of carbonyl (C=O) groups excluding carboxylic acids is 2. The van der Waals surface area contributed by atoms with Crippen molar-refractivity contribution in [1.82, 2.24) is 0 Å². The molecule has 0 radical (unpaired) electrons. The maximum Gasteiger partial charge on any atom is 0.418 e. The molecule has 1 amide bonds. The van der Waals surface area contributed by atoms with Crippen molar-refractivity contribution in [1.29, 1.82) is 0 Å². The molecule has 0 aromatic heterocycles. The number of anilines is 2. The molecule has 8 nitrogen and oxygen atoms in total. The van der Waals surface area contributed by atoms with Crippen LogP contribution in [-0.2, 0) is 21.3 Å². The van der Waals surface area contributed by atoms with Crippen molar-refractivity contribution in [3.63, 3.8) is 0 Å². The van der Waals surface area contributed by atoms with Gasteiger partial charge in [0.05, 0.1) is 30.6 Å². The number of hydrogen-bond donors (Lipinski definition) is 2. The zero-order valence-electron chi connectivity index (χ0n) is 23.3. The van der Waals surface area contributed by atoms with Gasteiger partial charge in [-0.1, -0.05) is 18.2 Å². The third-order valence-corrected chi connectivity index (χ3v) is 6.93. The zero-order valence-corrected chi connectivity index (χ0v) is 23.3. The van der Waals surface area contributed by atoms with Crippen LogP contribution in [0.15, 0.2) is 54.6 Å². The lowest BCUT2D eigenvalue weighted by Crippen LogP contribution is -2.41. The van der Waals surface area contributed by atoms with Crippen molar-refractivity contribution < 1.29 is 42.1 Å². The van der Waals surface area contributed by atoms with Gasteiger partial charge in [0.2, 0.25) is 0 Å². The minimum atomic E-state index is -4.81. The van der Waals surface area contributed by atoms with E-state index in [1.54, 1.807) is 26.0 Å². The number of fused-ring (bicyclic) bond motifs is 1. The molecule has 2 N–H and O–H groups in total. The molecule has 0 saturated heterocycles. The van der Waals surface area contributed by atoms with E-state index in [1.165, 1.54) is 0 Å². The molecule has 0 bridgehead atoms. The molecule has 0 spiro atoms. The number of nitrogens with one attached hydrogen (secondary N) is 1. The molecule has 41 heavy (non-hydrogen) atoms. The van der Waals surface area contributed by atoms with Crippen LogP contribution in [0.25, 0.3) is 0 Å². The van der Waals surface area contributed by atoms with Crippen LogP contribution in [0.5, 0.6) is 11.5 Å². The number of para-hydroxylation sites is 2. The molecule has 1 unspecified atom stereocenters. The Hall–Kier alpha value is -4.25. The molecule has 1 heterocycles. The summed E-state index contributed by atoms with van der Waals surface area (Å²) in [5, 5.41) is 12.9. The van der Waals surface area contributed by atoms with Crippen LogP contribution in [0.2, 0.25) is 0 Å². The highest BCUT2D eigenvalue weighted by molar-refractivity contribution is 6.07. The highest BCUT2D eigenvalue weighted by atomic mass is 19.4. The van der Waals surface area contributed by atoms with E-state index >= 15 is 0 Å². The highest BCUT2D eigenvalue weighted by Crippen LogP contribution is 2.38. The number of likely N-dealkylation sites (N-methyl/N-ethyl adjacent to an activating group) is 1. The van der Waals surface area contributed by atoms with Gasteiger partial charge in [0.1, 0.15) is 24.2 Å². The first-order valence-electron chi connectivity index (χ1n) is 12.8. The van der Waals surface area contributed by atoms with Crippen LogP contribution < -0.4 is 19.7 Å². The molecule has 11 heteroatoms. The van der Waals surface area contributed by atoms with Gasteiger partial charge in [-0.2, -0.15) is 13.2 Å². The predicted molar refractivity (Wildman–Crippen MR) is 147 cm³/mol. The summed E-state index contributed by atoms with van der Waals surface area (Å²) in [7, 11) is 3.01. The third kappa shape index (κ3) is 6.25. The van der Waals surface area contributed by atoms with Crippen LogP contribution in [0.1, 0.15) is 39.5 Å². The molecule has 1 aliphatic heterocycles. The molecule has 1 aliphatic rings. The normalized spacial score (nSPS) is 16.2. The number of aryl methyl sites for hydroxylation is 2. The number of methoxy groups -OCH3 is 1. The molecule has 218 valence electrons. The van der Waals surface area contributed by atoms with E-state index in [1.807, 2.05) is 31.3 Å². The summed E-state index contributed by atoms with van der Waals surface area (Å²) < 4.78 is 57.9. The smallest absolute Gasteiger partial charge is 0.418 e. The first-order chi connectivity index (χ1) is 19.2. The molecular formula is C30H31F3N2O6. The number of ether oxygens (including phenoxy) is 3. The average Bonchev–Trinajstić information content (AvgIpc) is 2.90. The Balaban J connectivity index is 1.54. The van der Waals surface area contributed by atoms with E-state index in [4.69, 9.17) is 9.47 Å². The molecule has 2 atom stereocenters. The second-order valence-corrected chi connectivity index (χ2v) is 10.1. The van der Waals surface area contributed by atoms with Crippen LogP contribution in [0.4, 0.5) is 24.5 Å². The van der Waals surface area contributed by atoms with Crippen molar-refractivity contribution >= 4 is 23.3 Å². The van der Waals surface area contributed by atoms with Crippen LogP contribution >= 0.6 is 0 Å². The molecule has 0 fully saturated rings. The number of nitrogens with zero attached hydrogens (tertiary/aromatic N) is 1. The van der Waals surface area contributed by atoms with Gasteiger partial charge in [-0.15, -0.1) is 0 Å². The van der Waals surface area contributed by atoms with Gasteiger partial charge < -0.3 is 29.5 Å². The fourth-order valence-electron chi connectivity index (χ4n) is 4.83. The van der Waals surface area contributed by atoms with E-state index < -0.39 is 34.9 Å². The van der Waals surface area contributed by atoms with E-state index in [0.717, 1.165) is 37.6 Å². The quantitative estimate of drug-likeness (QED) is 0.374. The second kappa shape index (κ2) is 11.3.